The number of nitrogens with zero attached hydrogens (tertiary/aromatic N) is 4. The molecule has 1 atom stereocenters. The maximum atomic E-state index is 12.7. The third kappa shape index (κ3) is 5.13. The van der Waals surface area contributed by atoms with Crippen LogP contribution in [0.4, 0.5) is 0 Å². The molecule has 0 radical (unpaired) electrons. The summed E-state index contributed by atoms with van der Waals surface area (Å²) in [5.74, 6) is 1.51. The molecule has 0 unspecified atom stereocenters. The highest BCUT2D eigenvalue weighted by molar-refractivity contribution is 7.99. The molecule has 0 N–H and O–H groups in total. The first-order valence-corrected chi connectivity index (χ1v) is 12.8. The molecule has 0 bridgehead atoms. The first kappa shape index (κ1) is 21.9. The molecule has 31 heavy (non-hydrogen) atoms. The Morgan fingerprint density at radius 1 is 1.29 bits per heavy atom. The molecule has 0 spiro atoms. The van der Waals surface area contributed by atoms with Crippen LogP contribution in [-0.2, 0) is 21.2 Å². The number of rotatable bonds is 7. The largest absolute Gasteiger partial charge is 0.467 e. The van der Waals surface area contributed by atoms with Crippen molar-refractivity contribution in [3.63, 3.8) is 0 Å². The topological polar surface area (TPSA) is 98.3 Å². The van der Waals surface area contributed by atoms with Crippen LogP contribution in [0.3, 0.4) is 0 Å². The van der Waals surface area contributed by atoms with Gasteiger partial charge in [-0.25, -0.2) is 8.42 Å². The van der Waals surface area contributed by atoms with Gasteiger partial charge in [-0.2, -0.15) is 0 Å². The Labute approximate surface area is 189 Å². The van der Waals surface area contributed by atoms with Gasteiger partial charge in [0.2, 0.25) is 5.91 Å². The zero-order chi connectivity index (χ0) is 22.0. The molecule has 0 aliphatic carbocycles. The van der Waals surface area contributed by atoms with E-state index in [4.69, 9.17) is 16.0 Å². The molecular formula is C20H21ClN4O4S2. The van der Waals surface area contributed by atoms with Gasteiger partial charge in [-0.1, -0.05) is 23.4 Å². The first-order chi connectivity index (χ1) is 14.8. The Morgan fingerprint density at radius 3 is 2.71 bits per heavy atom. The number of furan rings is 1. The van der Waals surface area contributed by atoms with Crippen LogP contribution in [0.25, 0.3) is 11.4 Å². The summed E-state index contributed by atoms with van der Waals surface area (Å²) in [5.41, 5.74) is 0.843. The van der Waals surface area contributed by atoms with Crippen LogP contribution < -0.4 is 0 Å². The molecule has 1 aliphatic rings. The maximum absolute atomic E-state index is 12.7. The van der Waals surface area contributed by atoms with Gasteiger partial charge in [0.25, 0.3) is 0 Å². The first-order valence-electron chi connectivity index (χ1n) is 9.63. The van der Waals surface area contributed by atoms with Crippen LogP contribution in [-0.4, -0.2) is 64.3 Å². The van der Waals surface area contributed by atoms with Gasteiger partial charge in [0.1, 0.15) is 5.76 Å². The van der Waals surface area contributed by atoms with Crippen LogP contribution in [0.2, 0.25) is 5.02 Å². The number of halogens is 1. The van der Waals surface area contributed by atoms with E-state index in [0.717, 1.165) is 11.3 Å². The number of sulfone groups is 1. The average molecular weight is 481 g/mol. The zero-order valence-corrected chi connectivity index (χ0v) is 19.2. The van der Waals surface area contributed by atoms with Gasteiger partial charge in [-0.3, -0.25) is 9.36 Å². The number of carbonyl (C=O) groups excluding carboxylic acids is 1. The highest BCUT2D eigenvalue weighted by Crippen LogP contribution is 2.27. The van der Waals surface area contributed by atoms with Gasteiger partial charge in [-0.15, -0.1) is 10.2 Å². The monoisotopic (exact) mass is 480 g/mol. The van der Waals surface area contributed by atoms with Crippen LogP contribution in [0.5, 0.6) is 0 Å². The lowest BCUT2D eigenvalue weighted by Gasteiger charge is -2.23. The minimum Gasteiger partial charge on any atom is -0.467 e. The fourth-order valence-corrected chi connectivity index (χ4v) is 6.18. The standard InChI is InChI=1S/C20H21ClN4O4S2/c1-24(16-8-10-31(27,28)13-16)18(26)12-30-20-23-22-19(14-4-6-15(21)7-5-14)25(20)11-17-3-2-9-29-17/h2-7,9,16H,8,10-13H2,1H3/t16-/m1/s1. The minimum absolute atomic E-state index is 0.0231. The summed E-state index contributed by atoms with van der Waals surface area (Å²) >= 11 is 7.27. The van der Waals surface area contributed by atoms with Gasteiger partial charge >= 0.3 is 0 Å². The van der Waals surface area contributed by atoms with E-state index < -0.39 is 9.84 Å². The second-order valence-electron chi connectivity index (χ2n) is 7.33. The second-order valence-corrected chi connectivity index (χ2v) is 10.9. The van der Waals surface area contributed by atoms with Crippen LogP contribution in [0, 0.1) is 0 Å². The van der Waals surface area contributed by atoms with Crippen LogP contribution in [0.1, 0.15) is 12.2 Å². The van der Waals surface area contributed by atoms with Crippen molar-refractivity contribution >= 4 is 39.1 Å². The Balaban J connectivity index is 1.52. The van der Waals surface area contributed by atoms with E-state index in [1.807, 2.05) is 28.8 Å². The van der Waals surface area contributed by atoms with Crippen molar-refractivity contribution in [2.45, 2.75) is 24.2 Å². The van der Waals surface area contributed by atoms with Crippen molar-refractivity contribution in [3.05, 3.63) is 53.4 Å². The number of amides is 1. The predicted molar refractivity (Wildman–Crippen MR) is 119 cm³/mol. The molecular weight excluding hydrogens is 460 g/mol. The summed E-state index contributed by atoms with van der Waals surface area (Å²) in [5, 5.41) is 9.80. The Hall–Kier alpha value is -2.30. The van der Waals surface area contributed by atoms with Gasteiger partial charge in [0, 0.05) is 23.7 Å². The van der Waals surface area contributed by atoms with Crippen molar-refractivity contribution in [2.75, 3.05) is 24.3 Å². The van der Waals surface area contributed by atoms with E-state index in [1.54, 1.807) is 25.4 Å². The van der Waals surface area contributed by atoms with Crippen molar-refractivity contribution in [1.82, 2.24) is 19.7 Å². The third-order valence-electron chi connectivity index (χ3n) is 5.19. The highest BCUT2D eigenvalue weighted by Gasteiger charge is 2.32. The lowest BCUT2D eigenvalue weighted by molar-refractivity contribution is -0.128. The Morgan fingerprint density at radius 2 is 2.06 bits per heavy atom. The maximum Gasteiger partial charge on any atom is 0.233 e. The van der Waals surface area contributed by atoms with Gasteiger partial charge in [0.05, 0.1) is 30.1 Å². The lowest BCUT2D eigenvalue weighted by Crippen LogP contribution is -2.38. The molecule has 0 saturated carbocycles. The summed E-state index contributed by atoms with van der Waals surface area (Å²) in [6.45, 7) is 0.408. The Kier molecular flexibility index (Phi) is 6.40. The summed E-state index contributed by atoms with van der Waals surface area (Å²) in [7, 11) is -1.40. The predicted octanol–water partition coefficient (Wildman–Crippen LogP) is 2.98. The average Bonchev–Trinajstić information content (AvgIpc) is 3.47. The molecule has 164 valence electrons. The molecule has 1 aromatic carbocycles. The van der Waals surface area contributed by atoms with E-state index in [0.29, 0.717) is 29.0 Å². The van der Waals surface area contributed by atoms with E-state index in [2.05, 4.69) is 10.2 Å². The van der Waals surface area contributed by atoms with Crippen molar-refractivity contribution in [2.24, 2.45) is 0 Å². The molecule has 3 heterocycles. The fourth-order valence-electron chi connectivity index (χ4n) is 3.42. The molecule has 1 aliphatic heterocycles. The Bertz CT molecular complexity index is 1160. The van der Waals surface area contributed by atoms with Crippen molar-refractivity contribution in [3.8, 4) is 11.4 Å². The van der Waals surface area contributed by atoms with Gasteiger partial charge in [0.15, 0.2) is 20.8 Å². The normalized spacial score (nSPS) is 17.7. The molecule has 1 amide bonds. The quantitative estimate of drug-likeness (QED) is 0.479. The third-order valence-corrected chi connectivity index (χ3v) is 8.14. The summed E-state index contributed by atoms with van der Waals surface area (Å²) in [4.78, 5) is 14.2. The van der Waals surface area contributed by atoms with E-state index >= 15 is 0 Å². The highest BCUT2D eigenvalue weighted by atomic mass is 35.5. The fraction of sp³-hybridized carbons (Fsp3) is 0.350. The molecule has 3 aromatic rings. The number of benzene rings is 1. The number of hydrogen-bond donors (Lipinski definition) is 0. The van der Waals surface area contributed by atoms with Crippen LogP contribution >= 0.6 is 23.4 Å². The van der Waals surface area contributed by atoms with Gasteiger partial charge < -0.3 is 9.32 Å². The number of aromatic nitrogens is 3. The molecule has 1 saturated heterocycles. The minimum atomic E-state index is -3.05. The smallest absolute Gasteiger partial charge is 0.233 e. The van der Waals surface area contributed by atoms with E-state index in [1.165, 1.54) is 16.7 Å². The zero-order valence-electron chi connectivity index (χ0n) is 16.8. The SMILES string of the molecule is CN(C(=O)CSc1nnc(-c2ccc(Cl)cc2)n1Cc1ccco1)[C@@H]1CCS(=O)(=O)C1. The van der Waals surface area contributed by atoms with Crippen molar-refractivity contribution in [1.29, 1.82) is 0 Å². The molecule has 11 heteroatoms. The molecule has 4 rings (SSSR count). The number of carbonyl (C=O) groups is 1. The summed E-state index contributed by atoms with van der Waals surface area (Å²) in [6, 6.07) is 10.7. The molecule has 8 nitrogen and oxygen atoms in total. The van der Waals surface area contributed by atoms with Gasteiger partial charge in [-0.05, 0) is 42.8 Å². The number of hydrogen-bond acceptors (Lipinski definition) is 7. The lowest BCUT2D eigenvalue weighted by atomic mass is 10.2. The summed E-state index contributed by atoms with van der Waals surface area (Å²) < 4.78 is 30.8. The van der Waals surface area contributed by atoms with E-state index in [-0.39, 0.29) is 29.2 Å². The van der Waals surface area contributed by atoms with E-state index in [9.17, 15) is 13.2 Å². The second kappa shape index (κ2) is 9.05. The van der Waals surface area contributed by atoms with Crippen molar-refractivity contribution < 1.29 is 17.6 Å². The molecule has 2 aromatic heterocycles. The summed E-state index contributed by atoms with van der Waals surface area (Å²) in [6.07, 6.45) is 2.08. The van der Waals surface area contributed by atoms with Crippen LogP contribution in [0.15, 0.2) is 52.2 Å². The number of thioether (sulfide) groups is 1. The molecule has 1 fully saturated rings.